The van der Waals surface area contributed by atoms with Crippen molar-refractivity contribution >= 4 is 82.5 Å². The molecule has 0 spiro atoms. The molecular weight excluding hydrogens is 574 g/mol. The summed E-state index contributed by atoms with van der Waals surface area (Å²) in [7, 11) is 0. The maximum Gasteiger partial charge on any atom is 0.136 e. The van der Waals surface area contributed by atoms with Gasteiger partial charge in [-0.15, -0.1) is 0 Å². The summed E-state index contributed by atoms with van der Waals surface area (Å²) in [6.07, 6.45) is 0. The van der Waals surface area contributed by atoms with Crippen LogP contribution in [0.3, 0.4) is 0 Å². The molecule has 0 saturated carbocycles. The van der Waals surface area contributed by atoms with Gasteiger partial charge in [0.25, 0.3) is 0 Å². The van der Waals surface area contributed by atoms with Gasteiger partial charge in [-0.3, -0.25) is 0 Å². The molecule has 0 aliphatic rings. The third-order valence-electron chi connectivity index (χ3n) is 9.42. The number of para-hydroxylation sites is 2. The first-order valence-corrected chi connectivity index (χ1v) is 15.9. The van der Waals surface area contributed by atoms with Gasteiger partial charge in [-0.1, -0.05) is 97.1 Å². The summed E-state index contributed by atoms with van der Waals surface area (Å²) in [5.41, 5.74) is 9.14. The van der Waals surface area contributed by atoms with Crippen molar-refractivity contribution in [1.82, 2.24) is 0 Å². The molecule has 0 N–H and O–H groups in total. The fraction of sp³-hybridized carbons (Fsp3) is 0. The van der Waals surface area contributed by atoms with Crippen LogP contribution in [-0.4, -0.2) is 0 Å². The lowest BCUT2D eigenvalue weighted by Crippen LogP contribution is -2.10. The number of furan rings is 2. The molecule has 0 aliphatic carbocycles. The average molecular weight is 602 g/mol. The minimum absolute atomic E-state index is 0.892. The topological polar surface area (TPSA) is 29.5 Å². The Balaban J connectivity index is 1.12. The molecular formula is C44H27NO2. The van der Waals surface area contributed by atoms with Crippen LogP contribution in [0.5, 0.6) is 0 Å². The maximum absolute atomic E-state index is 6.38. The van der Waals surface area contributed by atoms with Crippen LogP contribution in [0.1, 0.15) is 0 Å². The number of hydrogen-bond acceptors (Lipinski definition) is 3. The first-order valence-electron chi connectivity index (χ1n) is 15.9. The van der Waals surface area contributed by atoms with E-state index in [2.05, 4.69) is 157 Å². The van der Waals surface area contributed by atoms with Crippen LogP contribution in [0, 0.1) is 0 Å². The third kappa shape index (κ3) is 4.07. The van der Waals surface area contributed by atoms with E-state index in [4.69, 9.17) is 8.83 Å². The van der Waals surface area contributed by atoms with E-state index >= 15 is 0 Å². The van der Waals surface area contributed by atoms with Gasteiger partial charge in [0.2, 0.25) is 0 Å². The quantitative estimate of drug-likeness (QED) is 0.201. The average Bonchev–Trinajstić information content (AvgIpc) is 3.69. The van der Waals surface area contributed by atoms with Crippen molar-refractivity contribution in [3.63, 3.8) is 0 Å². The van der Waals surface area contributed by atoms with Crippen LogP contribution < -0.4 is 4.90 Å². The largest absolute Gasteiger partial charge is 0.456 e. The molecule has 3 heteroatoms. The van der Waals surface area contributed by atoms with Gasteiger partial charge in [0.05, 0.1) is 5.69 Å². The Kier molecular flexibility index (Phi) is 5.57. The fourth-order valence-electron chi connectivity index (χ4n) is 7.21. The van der Waals surface area contributed by atoms with Gasteiger partial charge in [-0.05, 0) is 94.0 Å². The molecule has 0 aliphatic heterocycles. The second-order valence-corrected chi connectivity index (χ2v) is 12.1. The summed E-state index contributed by atoms with van der Waals surface area (Å²) < 4.78 is 12.7. The van der Waals surface area contributed by atoms with Crippen LogP contribution in [0.4, 0.5) is 17.1 Å². The number of nitrogens with zero attached hydrogens (tertiary/aromatic N) is 1. The zero-order valence-corrected chi connectivity index (χ0v) is 25.4. The van der Waals surface area contributed by atoms with Crippen LogP contribution in [-0.2, 0) is 0 Å². The molecule has 3 nitrogen and oxygen atoms in total. The van der Waals surface area contributed by atoms with E-state index in [1.165, 1.54) is 21.5 Å². The molecule has 0 fully saturated rings. The van der Waals surface area contributed by atoms with Gasteiger partial charge in [0, 0.05) is 38.3 Å². The van der Waals surface area contributed by atoms with Crippen molar-refractivity contribution in [2.45, 2.75) is 0 Å². The van der Waals surface area contributed by atoms with Gasteiger partial charge in [0.15, 0.2) is 0 Å². The molecule has 10 aromatic rings. The van der Waals surface area contributed by atoms with Crippen molar-refractivity contribution < 1.29 is 8.83 Å². The first kappa shape index (κ1) is 26.0. The summed E-state index contributed by atoms with van der Waals surface area (Å²) in [4.78, 5) is 2.35. The lowest BCUT2D eigenvalue weighted by Gasteiger charge is -2.27. The van der Waals surface area contributed by atoms with Crippen molar-refractivity contribution in [1.29, 1.82) is 0 Å². The zero-order chi connectivity index (χ0) is 30.9. The zero-order valence-electron chi connectivity index (χ0n) is 25.4. The smallest absolute Gasteiger partial charge is 0.136 e. The van der Waals surface area contributed by atoms with Gasteiger partial charge in [-0.25, -0.2) is 0 Å². The van der Waals surface area contributed by atoms with E-state index in [9.17, 15) is 0 Å². The van der Waals surface area contributed by atoms with E-state index in [1.807, 2.05) is 12.1 Å². The van der Waals surface area contributed by atoms with Crippen molar-refractivity contribution in [3.8, 4) is 11.1 Å². The number of fused-ring (bicyclic) bond motifs is 9. The normalized spacial score (nSPS) is 11.8. The predicted molar refractivity (Wildman–Crippen MR) is 196 cm³/mol. The first-order chi connectivity index (χ1) is 23.3. The lowest BCUT2D eigenvalue weighted by atomic mass is 10.00. The van der Waals surface area contributed by atoms with Gasteiger partial charge in [0.1, 0.15) is 22.3 Å². The summed E-state index contributed by atoms with van der Waals surface area (Å²) in [5, 5.41) is 9.29. The molecule has 0 unspecified atom stereocenters. The Hall–Kier alpha value is -6.32. The molecule has 2 aromatic heterocycles. The molecule has 47 heavy (non-hydrogen) atoms. The Morgan fingerprint density at radius 2 is 1.02 bits per heavy atom. The van der Waals surface area contributed by atoms with Gasteiger partial charge in [-0.2, -0.15) is 0 Å². The highest BCUT2D eigenvalue weighted by molar-refractivity contribution is 6.23. The van der Waals surface area contributed by atoms with Crippen LogP contribution >= 0.6 is 0 Å². The Morgan fingerprint density at radius 3 is 1.89 bits per heavy atom. The molecule has 0 radical (unpaired) electrons. The summed E-state index contributed by atoms with van der Waals surface area (Å²) in [5.74, 6) is 0. The minimum atomic E-state index is 0.892. The SMILES string of the molecule is c1ccc(N(c2ccc(-c3ccc4c(c3)oc3cc5ccccc5cc34)cc2)c2cccc3ccc4oc5ccccc5c4c23)cc1. The van der Waals surface area contributed by atoms with Crippen LogP contribution in [0.2, 0.25) is 0 Å². The molecule has 0 saturated heterocycles. The Morgan fingerprint density at radius 1 is 0.340 bits per heavy atom. The van der Waals surface area contributed by atoms with Gasteiger partial charge < -0.3 is 13.7 Å². The molecule has 0 atom stereocenters. The molecule has 8 aromatic carbocycles. The summed E-state index contributed by atoms with van der Waals surface area (Å²) in [6, 6.07) is 57.9. The van der Waals surface area contributed by atoms with Gasteiger partial charge >= 0.3 is 0 Å². The van der Waals surface area contributed by atoms with Crippen LogP contribution in [0.25, 0.3) is 76.5 Å². The Labute approximate surface area is 270 Å². The number of benzene rings is 8. The van der Waals surface area contributed by atoms with Crippen molar-refractivity contribution in [3.05, 3.63) is 164 Å². The number of rotatable bonds is 4. The molecule has 10 rings (SSSR count). The Bertz CT molecular complexity index is 2790. The third-order valence-corrected chi connectivity index (χ3v) is 9.42. The highest BCUT2D eigenvalue weighted by atomic mass is 16.3. The molecule has 2 heterocycles. The molecule has 0 bridgehead atoms. The van der Waals surface area contributed by atoms with E-state index in [0.717, 1.165) is 72.1 Å². The fourth-order valence-corrected chi connectivity index (χ4v) is 7.21. The minimum Gasteiger partial charge on any atom is -0.456 e. The maximum atomic E-state index is 6.38. The standard InChI is InChI=1S/C44H27NO2/c1-2-12-33(13-3-1)45(38-15-8-11-29-20-24-40-44(43(29)38)36-14-6-7-16-39(36)46-40)34-21-17-28(18-22-34)32-19-23-35-37-25-30-9-4-5-10-31(30)26-42(37)47-41(35)27-32/h1-27H. The highest BCUT2D eigenvalue weighted by Gasteiger charge is 2.20. The number of hydrogen-bond donors (Lipinski definition) is 0. The highest BCUT2D eigenvalue weighted by Crippen LogP contribution is 2.44. The van der Waals surface area contributed by atoms with Crippen molar-refractivity contribution in [2.24, 2.45) is 0 Å². The van der Waals surface area contributed by atoms with E-state index in [1.54, 1.807) is 0 Å². The predicted octanol–water partition coefficient (Wildman–Crippen LogP) is 12.9. The molecule has 0 amide bonds. The second kappa shape index (κ2) is 10.1. The van der Waals surface area contributed by atoms with Crippen molar-refractivity contribution in [2.75, 3.05) is 4.90 Å². The van der Waals surface area contributed by atoms with E-state index < -0.39 is 0 Å². The van der Waals surface area contributed by atoms with E-state index in [-0.39, 0.29) is 0 Å². The lowest BCUT2D eigenvalue weighted by molar-refractivity contribution is 0.669. The number of anilines is 3. The monoisotopic (exact) mass is 601 g/mol. The molecule has 220 valence electrons. The van der Waals surface area contributed by atoms with Crippen LogP contribution in [0.15, 0.2) is 173 Å². The second-order valence-electron chi connectivity index (χ2n) is 12.1. The summed E-state index contributed by atoms with van der Waals surface area (Å²) >= 11 is 0. The summed E-state index contributed by atoms with van der Waals surface area (Å²) in [6.45, 7) is 0. The van der Waals surface area contributed by atoms with E-state index in [0.29, 0.717) is 0 Å².